The molecule has 1 aliphatic rings. The molecule has 0 fully saturated rings. The van der Waals surface area contributed by atoms with E-state index in [0.29, 0.717) is 13.2 Å². The smallest absolute Gasteiger partial charge is 0.251 e. The molecule has 1 amide bonds. The van der Waals surface area contributed by atoms with Gasteiger partial charge in [-0.2, -0.15) is 0 Å². The minimum absolute atomic E-state index is 0.0165. The number of amides is 1. The minimum Gasteiger partial charge on any atom is -0.380 e. The van der Waals surface area contributed by atoms with Gasteiger partial charge in [0.2, 0.25) is 0 Å². The van der Waals surface area contributed by atoms with E-state index in [4.69, 9.17) is 4.74 Å². The molecule has 1 aromatic carbocycles. The molecule has 2 rings (SSSR count). The van der Waals surface area contributed by atoms with Gasteiger partial charge in [0, 0.05) is 25.3 Å². The monoisotopic (exact) mass is 276 g/mol. The molecule has 4 heteroatoms. The molecule has 1 aliphatic heterocycles. The van der Waals surface area contributed by atoms with Crippen LogP contribution in [0.15, 0.2) is 18.2 Å². The fourth-order valence-electron chi connectivity index (χ4n) is 2.43. The van der Waals surface area contributed by atoms with Crippen molar-refractivity contribution in [3.63, 3.8) is 0 Å². The predicted molar refractivity (Wildman–Crippen MR) is 79.9 cm³/mol. The van der Waals surface area contributed by atoms with Gasteiger partial charge in [-0.15, -0.1) is 0 Å². The van der Waals surface area contributed by atoms with E-state index in [9.17, 15) is 4.79 Å². The quantitative estimate of drug-likeness (QED) is 0.748. The van der Waals surface area contributed by atoms with Gasteiger partial charge in [0.25, 0.3) is 5.91 Å². The number of hydrogen-bond acceptors (Lipinski definition) is 3. The molecule has 1 heterocycles. The van der Waals surface area contributed by atoms with Crippen molar-refractivity contribution in [1.29, 1.82) is 0 Å². The third-order valence-corrected chi connectivity index (χ3v) is 3.56. The molecular formula is C16H24N2O2. The Morgan fingerprint density at radius 1 is 1.40 bits per heavy atom. The first-order valence-corrected chi connectivity index (χ1v) is 7.50. The van der Waals surface area contributed by atoms with Crippen LogP contribution in [0.1, 0.15) is 41.3 Å². The summed E-state index contributed by atoms with van der Waals surface area (Å²) in [6.07, 6.45) is 3.13. The number of benzene rings is 1. The van der Waals surface area contributed by atoms with Gasteiger partial charge in [-0.3, -0.25) is 4.79 Å². The summed E-state index contributed by atoms with van der Waals surface area (Å²) in [4.78, 5) is 12.2. The highest BCUT2D eigenvalue weighted by molar-refractivity contribution is 5.96. The van der Waals surface area contributed by atoms with Crippen LogP contribution in [-0.4, -0.2) is 32.2 Å². The van der Waals surface area contributed by atoms with Gasteiger partial charge in [-0.1, -0.05) is 25.5 Å². The molecule has 0 bridgehead atoms. The van der Waals surface area contributed by atoms with Crippen molar-refractivity contribution in [2.45, 2.75) is 32.7 Å². The number of ether oxygens (including phenoxy) is 1. The van der Waals surface area contributed by atoms with Gasteiger partial charge in [0.1, 0.15) is 0 Å². The van der Waals surface area contributed by atoms with Crippen LogP contribution < -0.4 is 10.6 Å². The normalized spacial score (nSPS) is 13.8. The number of nitrogens with one attached hydrogen (secondary N) is 2. The summed E-state index contributed by atoms with van der Waals surface area (Å²) in [6, 6.07) is 5.96. The van der Waals surface area contributed by atoms with Crippen LogP contribution in [0.3, 0.4) is 0 Å². The average molecular weight is 276 g/mol. The first-order valence-electron chi connectivity index (χ1n) is 7.50. The number of fused-ring (bicyclic) bond motifs is 1. The standard InChI is InChI=1S/C16H24N2O2/c1-2-3-10-20-11-9-18-16(19)15-6-4-5-13-12-17-8-7-14(13)15/h4-6,17H,2-3,7-12H2,1H3,(H,18,19). The van der Waals surface area contributed by atoms with E-state index in [2.05, 4.69) is 23.6 Å². The number of unbranched alkanes of at least 4 members (excludes halogenated alkanes) is 1. The highest BCUT2D eigenvalue weighted by Gasteiger charge is 2.16. The first-order chi connectivity index (χ1) is 9.83. The van der Waals surface area contributed by atoms with E-state index in [1.807, 2.05) is 12.1 Å². The van der Waals surface area contributed by atoms with Crippen molar-refractivity contribution in [1.82, 2.24) is 10.6 Å². The summed E-state index contributed by atoms with van der Waals surface area (Å²) < 4.78 is 5.45. The van der Waals surface area contributed by atoms with Crippen molar-refractivity contribution in [3.8, 4) is 0 Å². The Kier molecular flexibility index (Phi) is 6.02. The van der Waals surface area contributed by atoms with Gasteiger partial charge in [-0.05, 0) is 36.6 Å². The van der Waals surface area contributed by atoms with E-state index in [0.717, 1.165) is 44.5 Å². The first kappa shape index (κ1) is 15.0. The number of hydrogen-bond donors (Lipinski definition) is 2. The zero-order valence-corrected chi connectivity index (χ0v) is 12.2. The molecule has 1 aromatic rings. The molecule has 0 radical (unpaired) electrons. The van der Waals surface area contributed by atoms with Gasteiger partial charge in [0.05, 0.1) is 6.61 Å². The largest absolute Gasteiger partial charge is 0.380 e. The second-order valence-corrected chi connectivity index (χ2v) is 5.09. The summed E-state index contributed by atoms with van der Waals surface area (Å²) in [5.41, 5.74) is 3.25. The maximum Gasteiger partial charge on any atom is 0.251 e. The average Bonchev–Trinajstić information content (AvgIpc) is 2.50. The molecule has 0 aliphatic carbocycles. The lowest BCUT2D eigenvalue weighted by Crippen LogP contribution is -2.31. The van der Waals surface area contributed by atoms with Crippen LogP contribution in [0, 0.1) is 0 Å². The van der Waals surface area contributed by atoms with Gasteiger partial charge in [-0.25, -0.2) is 0 Å². The Labute approximate surface area is 120 Å². The molecule has 2 N–H and O–H groups in total. The topological polar surface area (TPSA) is 50.4 Å². The van der Waals surface area contributed by atoms with Crippen molar-refractivity contribution < 1.29 is 9.53 Å². The SMILES string of the molecule is CCCCOCCNC(=O)c1cccc2c1CCNC2. The molecule has 0 saturated carbocycles. The Morgan fingerprint density at radius 2 is 2.30 bits per heavy atom. The second kappa shape index (κ2) is 8.02. The Bertz CT molecular complexity index is 446. The summed E-state index contributed by atoms with van der Waals surface area (Å²) in [7, 11) is 0. The minimum atomic E-state index is 0.0165. The van der Waals surface area contributed by atoms with Crippen LogP contribution in [0.4, 0.5) is 0 Å². The van der Waals surface area contributed by atoms with Crippen molar-refractivity contribution in [3.05, 3.63) is 34.9 Å². The molecule has 0 unspecified atom stereocenters. The van der Waals surface area contributed by atoms with Crippen LogP contribution >= 0.6 is 0 Å². The Morgan fingerprint density at radius 3 is 3.15 bits per heavy atom. The lowest BCUT2D eigenvalue weighted by Gasteiger charge is -2.19. The molecule has 20 heavy (non-hydrogen) atoms. The summed E-state index contributed by atoms with van der Waals surface area (Å²) >= 11 is 0. The van der Waals surface area contributed by atoms with E-state index in [1.54, 1.807) is 0 Å². The molecule has 0 aromatic heterocycles. The zero-order chi connectivity index (χ0) is 14.2. The van der Waals surface area contributed by atoms with Crippen LogP contribution in [0.5, 0.6) is 0 Å². The molecule has 4 nitrogen and oxygen atoms in total. The molecule has 0 atom stereocenters. The van der Waals surface area contributed by atoms with Crippen LogP contribution in [-0.2, 0) is 17.7 Å². The number of carbonyl (C=O) groups excluding carboxylic acids is 1. The molecule has 0 spiro atoms. The van der Waals surface area contributed by atoms with Crippen molar-refractivity contribution in [2.75, 3.05) is 26.3 Å². The Hall–Kier alpha value is -1.39. The van der Waals surface area contributed by atoms with Gasteiger partial charge < -0.3 is 15.4 Å². The fourth-order valence-corrected chi connectivity index (χ4v) is 2.43. The fraction of sp³-hybridized carbons (Fsp3) is 0.562. The molecular weight excluding hydrogens is 252 g/mol. The summed E-state index contributed by atoms with van der Waals surface area (Å²) in [5, 5.41) is 6.27. The summed E-state index contributed by atoms with van der Waals surface area (Å²) in [6.45, 7) is 5.87. The molecule has 110 valence electrons. The van der Waals surface area contributed by atoms with Gasteiger partial charge in [0.15, 0.2) is 0 Å². The zero-order valence-electron chi connectivity index (χ0n) is 12.2. The number of carbonyl (C=O) groups is 1. The Balaban J connectivity index is 1.83. The number of rotatable bonds is 7. The van der Waals surface area contributed by atoms with Gasteiger partial charge >= 0.3 is 0 Å². The highest BCUT2D eigenvalue weighted by atomic mass is 16.5. The maximum absolute atomic E-state index is 12.2. The van der Waals surface area contributed by atoms with E-state index < -0.39 is 0 Å². The van der Waals surface area contributed by atoms with Crippen LogP contribution in [0.2, 0.25) is 0 Å². The van der Waals surface area contributed by atoms with E-state index >= 15 is 0 Å². The van der Waals surface area contributed by atoms with E-state index in [-0.39, 0.29) is 5.91 Å². The van der Waals surface area contributed by atoms with Crippen molar-refractivity contribution >= 4 is 5.91 Å². The maximum atomic E-state index is 12.2. The highest BCUT2D eigenvalue weighted by Crippen LogP contribution is 2.18. The summed E-state index contributed by atoms with van der Waals surface area (Å²) in [5.74, 6) is 0.0165. The second-order valence-electron chi connectivity index (χ2n) is 5.09. The van der Waals surface area contributed by atoms with Crippen LogP contribution in [0.25, 0.3) is 0 Å². The lowest BCUT2D eigenvalue weighted by atomic mass is 9.95. The molecule has 0 saturated heterocycles. The van der Waals surface area contributed by atoms with Crippen molar-refractivity contribution in [2.24, 2.45) is 0 Å². The van der Waals surface area contributed by atoms with E-state index in [1.165, 1.54) is 11.1 Å². The lowest BCUT2D eigenvalue weighted by molar-refractivity contribution is 0.0911. The third kappa shape index (κ3) is 4.05. The predicted octanol–water partition coefficient (Wildman–Crippen LogP) is 1.88. The third-order valence-electron chi connectivity index (χ3n) is 3.56.